The molecule has 0 bridgehead atoms. The van der Waals surface area contributed by atoms with Gasteiger partial charge in [-0.25, -0.2) is 15.0 Å². The van der Waals surface area contributed by atoms with E-state index in [1.165, 1.54) is 4.90 Å². The number of rotatable bonds is 4. The van der Waals surface area contributed by atoms with Gasteiger partial charge in [0.15, 0.2) is 0 Å². The molecule has 5 heteroatoms. The Balaban J connectivity index is 2.20. The standard InChI is InChI=1S/C17H18N4S/c1-3-6-13-16-14(21-17(18)20-13)10-9-12(19-16)11-7-4-5-8-15(11)22-2/h4-5,7-10H,3,6H2,1-2H3,(H2,18,20,21). The van der Waals surface area contributed by atoms with E-state index in [1.807, 2.05) is 24.3 Å². The minimum absolute atomic E-state index is 0.315. The Bertz CT molecular complexity index is 817. The average Bonchev–Trinajstić information content (AvgIpc) is 2.54. The SMILES string of the molecule is CCCc1nc(N)nc2ccc(-c3ccccc3SC)nc12. The maximum absolute atomic E-state index is 5.80. The van der Waals surface area contributed by atoms with Gasteiger partial charge in [-0.15, -0.1) is 11.8 Å². The monoisotopic (exact) mass is 310 g/mol. The van der Waals surface area contributed by atoms with E-state index >= 15 is 0 Å². The zero-order chi connectivity index (χ0) is 15.5. The Morgan fingerprint density at radius 3 is 2.64 bits per heavy atom. The number of nitrogens with two attached hydrogens (primary N) is 1. The fourth-order valence-electron chi connectivity index (χ4n) is 2.51. The first-order chi connectivity index (χ1) is 10.7. The van der Waals surface area contributed by atoms with Crippen molar-refractivity contribution in [2.75, 3.05) is 12.0 Å². The van der Waals surface area contributed by atoms with Crippen LogP contribution in [0.3, 0.4) is 0 Å². The first-order valence-corrected chi connectivity index (χ1v) is 8.52. The van der Waals surface area contributed by atoms with Crippen molar-refractivity contribution in [2.45, 2.75) is 24.7 Å². The van der Waals surface area contributed by atoms with Crippen LogP contribution in [0.5, 0.6) is 0 Å². The van der Waals surface area contributed by atoms with Crippen LogP contribution in [0, 0.1) is 0 Å². The largest absolute Gasteiger partial charge is 0.368 e. The molecule has 0 fully saturated rings. The molecular weight excluding hydrogens is 292 g/mol. The number of hydrogen-bond donors (Lipinski definition) is 1. The molecule has 112 valence electrons. The molecule has 2 aromatic heterocycles. The van der Waals surface area contributed by atoms with Gasteiger partial charge < -0.3 is 5.73 Å². The fourth-order valence-corrected chi connectivity index (χ4v) is 3.12. The number of pyridine rings is 1. The van der Waals surface area contributed by atoms with E-state index in [0.29, 0.717) is 5.95 Å². The van der Waals surface area contributed by atoms with Gasteiger partial charge in [-0.05, 0) is 30.9 Å². The van der Waals surface area contributed by atoms with Crippen LogP contribution in [0.1, 0.15) is 19.0 Å². The highest BCUT2D eigenvalue weighted by Gasteiger charge is 2.11. The van der Waals surface area contributed by atoms with Crippen molar-refractivity contribution in [3.8, 4) is 11.3 Å². The lowest BCUT2D eigenvalue weighted by molar-refractivity contribution is 0.885. The molecule has 0 aliphatic rings. The molecule has 0 amide bonds. The van der Waals surface area contributed by atoms with Gasteiger partial charge in [-0.1, -0.05) is 31.5 Å². The molecule has 22 heavy (non-hydrogen) atoms. The third-order valence-corrected chi connectivity index (χ3v) is 4.30. The number of nitrogen functional groups attached to an aromatic ring is 1. The van der Waals surface area contributed by atoms with Crippen LogP contribution in [-0.4, -0.2) is 21.2 Å². The molecule has 0 radical (unpaired) electrons. The molecule has 3 aromatic rings. The summed E-state index contributed by atoms with van der Waals surface area (Å²) < 4.78 is 0. The molecular formula is C17H18N4S. The van der Waals surface area contributed by atoms with Crippen LogP contribution < -0.4 is 5.73 Å². The molecule has 2 heterocycles. The van der Waals surface area contributed by atoms with Gasteiger partial charge in [0.05, 0.1) is 16.9 Å². The van der Waals surface area contributed by atoms with E-state index in [0.717, 1.165) is 40.8 Å². The van der Waals surface area contributed by atoms with Crippen LogP contribution in [0.4, 0.5) is 5.95 Å². The van der Waals surface area contributed by atoms with E-state index < -0.39 is 0 Å². The van der Waals surface area contributed by atoms with Gasteiger partial charge in [0, 0.05) is 10.5 Å². The summed E-state index contributed by atoms with van der Waals surface area (Å²) in [6.07, 6.45) is 3.93. The van der Waals surface area contributed by atoms with E-state index in [4.69, 9.17) is 10.7 Å². The molecule has 0 aliphatic carbocycles. The number of hydrogen-bond acceptors (Lipinski definition) is 5. The number of fused-ring (bicyclic) bond motifs is 1. The molecule has 0 saturated heterocycles. The summed E-state index contributed by atoms with van der Waals surface area (Å²) in [5.74, 6) is 0.315. The molecule has 0 spiro atoms. The van der Waals surface area contributed by atoms with Crippen molar-refractivity contribution in [1.82, 2.24) is 15.0 Å². The second-order valence-corrected chi connectivity index (χ2v) is 5.89. The summed E-state index contributed by atoms with van der Waals surface area (Å²) in [5, 5.41) is 0. The van der Waals surface area contributed by atoms with Crippen LogP contribution in [0.15, 0.2) is 41.3 Å². The van der Waals surface area contributed by atoms with E-state index in [1.54, 1.807) is 11.8 Å². The number of nitrogens with zero attached hydrogens (tertiary/aromatic N) is 3. The molecule has 2 N–H and O–H groups in total. The number of aromatic nitrogens is 3. The van der Waals surface area contributed by atoms with Gasteiger partial charge in [-0.3, -0.25) is 0 Å². The highest BCUT2D eigenvalue weighted by Crippen LogP contribution is 2.30. The van der Waals surface area contributed by atoms with Crippen LogP contribution in [0.2, 0.25) is 0 Å². The minimum Gasteiger partial charge on any atom is -0.368 e. The predicted octanol–water partition coefficient (Wildman–Crippen LogP) is 3.95. The lowest BCUT2D eigenvalue weighted by Crippen LogP contribution is -2.02. The van der Waals surface area contributed by atoms with Crippen molar-refractivity contribution >= 4 is 28.7 Å². The maximum Gasteiger partial charge on any atom is 0.220 e. The molecule has 0 saturated carbocycles. The second-order valence-electron chi connectivity index (χ2n) is 5.04. The normalized spacial score (nSPS) is 11.0. The number of thioether (sulfide) groups is 1. The molecule has 4 nitrogen and oxygen atoms in total. The lowest BCUT2D eigenvalue weighted by Gasteiger charge is -2.09. The van der Waals surface area contributed by atoms with Crippen LogP contribution in [0.25, 0.3) is 22.3 Å². The summed E-state index contributed by atoms with van der Waals surface area (Å²) in [7, 11) is 0. The van der Waals surface area contributed by atoms with Crippen molar-refractivity contribution in [1.29, 1.82) is 0 Å². The first-order valence-electron chi connectivity index (χ1n) is 7.29. The molecule has 0 unspecified atom stereocenters. The maximum atomic E-state index is 5.80. The van der Waals surface area contributed by atoms with Gasteiger partial charge in [0.25, 0.3) is 0 Å². The lowest BCUT2D eigenvalue weighted by atomic mass is 10.1. The van der Waals surface area contributed by atoms with Gasteiger partial charge in [0.2, 0.25) is 5.95 Å². The Labute approximate surface area is 134 Å². The highest BCUT2D eigenvalue weighted by atomic mass is 32.2. The zero-order valence-corrected chi connectivity index (χ0v) is 13.5. The number of aryl methyl sites for hydroxylation is 1. The second kappa shape index (κ2) is 6.32. The highest BCUT2D eigenvalue weighted by molar-refractivity contribution is 7.98. The van der Waals surface area contributed by atoms with Gasteiger partial charge >= 0.3 is 0 Å². The van der Waals surface area contributed by atoms with Crippen molar-refractivity contribution in [3.63, 3.8) is 0 Å². The summed E-state index contributed by atoms with van der Waals surface area (Å²) in [6.45, 7) is 2.12. The predicted molar refractivity (Wildman–Crippen MR) is 93.0 cm³/mol. The molecule has 3 rings (SSSR count). The Morgan fingerprint density at radius 1 is 1.05 bits per heavy atom. The number of benzene rings is 1. The third kappa shape index (κ3) is 2.76. The minimum atomic E-state index is 0.315. The van der Waals surface area contributed by atoms with E-state index in [2.05, 4.69) is 35.3 Å². The first kappa shape index (κ1) is 14.8. The Hall–Kier alpha value is -2.14. The third-order valence-electron chi connectivity index (χ3n) is 3.50. The van der Waals surface area contributed by atoms with Crippen LogP contribution >= 0.6 is 11.8 Å². The topological polar surface area (TPSA) is 64.7 Å². The van der Waals surface area contributed by atoms with E-state index in [9.17, 15) is 0 Å². The smallest absolute Gasteiger partial charge is 0.220 e. The average molecular weight is 310 g/mol. The van der Waals surface area contributed by atoms with Crippen molar-refractivity contribution in [3.05, 3.63) is 42.1 Å². The van der Waals surface area contributed by atoms with Crippen molar-refractivity contribution < 1.29 is 0 Å². The molecule has 0 atom stereocenters. The van der Waals surface area contributed by atoms with Gasteiger partial charge in [-0.2, -0.15) is 0 Å². The van der Waals surface area contributed by atoms with Crippen molar-refractivity contribution in [2.24, 2.45) is 0 Å². The summed E-state index contributed by atoms with van der Waals surface area (Å²) in [5.41, 5.74) is 10.5. The fraction of sp³-hybridized carbons (Fsp3) is 0.235. The summed E-state index contributed by atoms with van der Waals surface area (Å²) in [6, 6.07) is 12.3. The van der Waals surface area contributed by atoms with E-state index in [-0.39, 0.29) is 0 Å². The number of anilines is 1. The van der Waals surface area contributed by atoms with Gasteiger partial charge in [0.1, 0.15) is 5.52 Å². The summed E-state index contributed by atoms with van der Waals surface area (Å²) in [4.78, 5) is 14.7. The Kier molecular flexibility index (Phi) is 4.24. The van der Waals surface area contributed by atoms with Crippen LogP contribution in [-0.2, 0) is 6.42 Å². The molecule has 1 aromatic carbocycles. The Morgan fingerprint density at radius 2 is 1.86 bits per heavy atom. The summed E-state index contributed by atoms with van der Waals surface area (Å²) >= 11 is 1.72. The molecule has 0 aliphatic heterocycles. The zero-order valence-electron chi connectivity index (χ0n) is 12.7. The quantitative estimate of drug-likeness (QED) is 0.739.